The molecule has 31 heavy (non-hydrogen) atoms. The van der Waals surface area contributed by atoms with E-state index < -0.39 is 0 Å². The van der Waals surface area contributed by atoms with Gasteiger partial charge in [-0.3, -0.25) is 4.98 Å². The third-order valence-electron chi connectivity index (χ3n) is 5.17. The highest BCUT2D eigenvalue weighted by Gasteiger charge is 2.15. The number of benzene rings is 2. The molecular weight excluding hydrogens is 431 g/mol. The van der Waals surface area contributed by atoms with Gasteiger partial charge in [0.25, 0.3) is 0 Å². The van der Waals surface area contributed by atoms with Crippen LogP contribution in [0.1, 0.15) is 16.8 Å². The molecule has 0 unspecified atom stereocenters. The van der Waals surface area contributed by atoms with Gasteiger partial charge in [0, 0.05) is 52.8 Å². The van der Waals surface area contributed by atoms with Crippen molar-refractivity contribution in [3.8, 4) is 0 Å². The van der Waals surface area contributed by atoms with Gasteiger partial charge in [-0.25, -0.2) is 4.39 Å². The van der Waals surface area contributed by atoms with Gasteiger partial charge in [-0.2, -0.15) is 0 Å². The number of nitrogens with zero attached hydrogens (tertiary/aromatic N) is 2. The average molecular weight is 453 g/mol. The molecule has 0 aliphatic rings. The van der Waals surface area contributed by atoms with Gasteiger partial charge in [-0.15, -0.1) is 0 Å². The van der Waals surface area contributed by atoms with Crippen LogP contribution in [0.2, 0.25) is 5.02 Å². The predicted octanol–water partition coefficient (Wildman–Crippen LogP) is 6.11. The lowest BCUT2D eigenvalue weighted by molar-refractivity contribution is 0.422. The highest BCUT2D eigenvalue weighted by atomic mass is 35.5. The summed E-state index contributed by atoms with van der Waals surface area (Å²) in [6.45, 7) is 3.28. The Labute approximate surface area is 191 Å². The van der Waals surface area contributed by atoms with Crippen LogP contribution in [0.5, 0.6) is 0 Å². The van der Waals surface area contributed by atoms with E-state index in [0.29, 0.717) is 29.6 Å². The predicted molar refractivity (Wildman–Crippen MR) is 129 cm³/mol. The lowest BCUT2D eigenvalue weighted by atomic mass is 10.1. The van der Waals surface area contributed by atoms with E-state index in [0.717, 1.165) is 33.4 Å². The molecule has 0 radical (unpaired) electrons. The molecule has 0 bridgehead atoms. The Hall–Kier alpha value is -2.96. The summed E-state index contributed by atoms with van der Waals surface area (Å²) in [6, 6.07) is 16.2. The summed E-state index contributed by atoms with van der Waals surface area (Å²) < 4.78 is 13.8. The van der Waals surface area contributed by atoms with E-state index in [1.807, 2.05) is 49.5 Å². The number of anilines is 1. The number of hydrogen-bond acceptors (Lipinski definition) is 2. The number of thiocarbonyl (C=S) groups is 1. The van der Waals surface area contributed by atoms with Crippen LogP contribution in [-0.2, 0) is 13.0 Å². The molecular formula is C24H22ClFN4S. The summed E-state index contributed by atoms with van der Waals surface area (Å²) in [5, 5.41) is 5.42. The summed E-state index contributed by atoms with van der Waals surface area (Å²) in [6.07, 6.45) is 4.30. The van der Waals surface area contributed by atoms with Crippen molar-refractivity contribution < 1.29 is 4.39 Å². The molecule has 2 N–H and O–H groups in total. The summed E-state index contributed by atoms with van der Waals surface area (Å²) in [5.74, 6) is -0.238. The zero-order valence-electron chi connectivity index (χ0n) is 17.0. The zero-order valence-corrected chi connectivity index (χ0v) is 18.6. The molecule has 0 amide bonds. The lowest BCUT2D eigenvalue weighted by Crippen LogP contribution is -2.36. The number of rotatable bonds is 6. The maximum absolute atomic E-state index is 13.8. The normalized spacial score (nSPS) is 10.9. The van der Waals surface area contributed by atoms with Crippen LogP contribution < -0.4 is 5.32 Å². The van der Waals surface area contributed by atoms with Gasteiger partial charge < -0.3 is 15.2 Å². The van der Waals surface area contributed by atoms with Crippen LogP contribution in [-0.4, -0.2) is 26.5 Å². The number of H-pyrrole nitrogens is 1. The molecule has 4 aromatic rings. The van der Waals surface area contributed by atoms with Crippen LogP contribution in [0, 0.1) is 12.7 Å². The molecule has 158 valence electrons. The second-order valence-electron chi connectivity index (χ2n) is 7.39. The van der Waals surface area contributed by atoms with Gasteiger partial charge in [0.1, 0.15) is 5.82 Å². The van der Waals surface area contributed by atoms with Crippen molar-refractivity contribution in [1.82, 2.24) is 14.9 Å². The molecule has 0 fully saturated rings. The van der Waals surface area contributed by atoms with Gasteiger partial charge in [0.05, 0.1) is 0 Å². The topological polar surface area (TPSA) is 44.0 Å². The van der Waals surface area contributed by atoms with Crippen molar-refractivity contribution in [2.75, 3.05) is 11.9 Å². The molecule has 0 saturated carbocycles. The molecule has 0 aliphatic carbocycles. The molecule has 4 nitrogen and oxygen atoms in total. The fourth-order valence-electron chi connectivity index (χ4n) is 3.66. The van der Waals surface area contributed by atoms with Crippen LogP contribution in [0.4, 0.5) is 10.1 Å². The average Bonchev–Trinajstić information content (AvgIpc) is 3.06. The molecule has 7 heteroatoms. The summed E-state index contributed by atoms with van der Waals surface area (Å²) in [5.41, 5.74) is 4.96. The molecule has 2 aromatic carbocycles. The minimum absolute atomic E-state index is 0.238. The highest BCUT2D eigenvalue weighted by molar-refractivity contribution is 7.80. The maximum Gasteiger partial charge on any atom is 0.173 e. The number of fused-ring (bicyclic) bond motifs is 1. The third kappa shape index (κ3) is 5.21. The van der Waals surface area contributed by atoms with E-state index in [1.54, 1.807) is 18.3 Å². The molecule has 0 spiro atoms. The summed E-state index contributed by atoms with van der Waals surface area (Å²) >= 11 is 11.8. The first-order valence-electron chi connectivity index (χ1n) is 9.97. The number of aromatic amines is 1. The number of hydrogen-bond donors (Lipinski definition) is 2. The monoisotopic (exact) mass is 452 g/mol. The quantitative estimate of drug-likeness (QED) is 0.346. The minimum atomic E-state index is -0.238. The Morgan fingerprint density at radius 3 is 2.84 bits per heavy atom. The van der Waals surface area contributed by atoms with Gasteiger partial charge in [-0.1, -0.05) is 23.7 Å². The van der Waals surface area contributed by atoms with E-state index in [2.05, 4.69) is 20.2 Å². The largest absolute Gasteiger partial charge is 0.358 e. The van der Waals surface area contributed by atoms with E-state index >= 15 is 0 Å². The Morgan fingerprint density at radius 1 is 1.19 bits per heavy atom. The Balaban J connectivity index is 1.56. The van der Waals surface area contributed by atoms with Gasteiger partial charge in [-0.05, 0) is 79.2 Å². The first-order chi connectivity index (χ1) is 15.0. The van der Waals surface area contributed by atoms with Crippen molar-refractivity contribution in [2.45, 2.75) is 19.9 Å². The van der Waals surface area contributed by atoms with E-state index in [1.165, 1.54) is 6.07 Å². The number of aryl methyl sites for hydroxylation is 1. The summed E-state index contributed by atoms with van der Waals surface area (Å²) in [7, 11) is 0. The Bertz CT molecular complexity index is 1210. The van der Waals surface area contributed by atoms with Crippen molar-refractivity contribution in [2.24, 2.45) is 0 Å². The Morgan fingerprint density at radius 2 is 2.06 bits per heavy atom. The van der Waals surface area contributed by atoms with Crippen molar-refractivity contribution in [3.05, 3.63) is 94.7 Å². The van der Waals surface area contributed by atoms with E-state index in [4.69, 9.17) is 23.8 Å². The SMILES string of the molecule is Cc1[nH]c2ccc(F)cc2c1CCN(Cc1cccnc1)C(=S)Nc1cccc(Cl)c1. The molecule has 0 atom stereocenters. The van der Waals surface area contributed by atoms with Crippen LogP contribution in [0.3, 0.4) is 0 Å². The Kier molecular flexibility index (Phi) is 6.49. The van der Waals surface area contributed by atoms with Crippen molar-refractivity contribution in [3.63, 3.8) is 0 Å². The first-order valence-corrected chi connectivity index (χ1v) is 10.8. The van der Waals surface area contributed by atoms with Gasteiger partial charge in [0.15, 0.2) is 5.11 Å². The molecule has 0 aliphatic heterocycles. The number of pyridine rings is 1. The van der Waals surface area contributed by atoms with Gasteiger partial charge in [0.2, 0.25) is 0 Å². The van der Waals surface area contributed by atoms with Crippen molar-refractivity contribution >= 4 is 45.5 Å². The van der Waals surface area contributed by atoms with Crippen LogP contribution in [0.25, 0.3) is 10.9 Å². The standard InChI is InChI=1S/C24H22ClFN4S/c1-16-21(22-13-19(26)7-8-23(22)28-16)9-11-30(15-17-4-3-10-27-14-17)24(31)29-20-6-2-5-18(25)12-20/h2-8,10,12-14,28H,9,11,15H2,1H3,(H,29,31). The molecule has 4 rings (SSSR count). The highest BCUT2D eigenvalue weighted by Crippen LogP contribution is 2.24. The summed E-state index contributed by atoms with van der Waals surface area (Å²) in [4.78, 5) is 9.65. The number of aromatic nitrogens is 2. The molecule has 0 saturated heterocycles. The minimum Gasteiger partial charge on any atom is -0.358 e. The first kappa shape index (κ1) is 21.3. The number of nitrogens with one attached hydrogen (secondary N) is 2. The van der Waals surface area contributed by atoms with Gasteiger partial charge >= 0.3 is 0 Å². The second kappa shape index (κ2) is 9.45. The zero-order chi connectivity index (χ0) is 21.8. The second-order valence-corrected chi connectivity index (χ2v) is 8.21. The fourth-order valence-corrected chi connectivity index (χ4v) is 4.12. The van der Waals surface area contributed by atoms with E-state index in [9.17, 15) is 4.39 Å². The van der Waals surface area contributed by atoms with E-state index in [-0.39, 0.29) is 5.82 Å². The fraction of sp³-hybridized carbons (Fsp3) is 0.167. The molecule has 2 heterocycles. The smallest absolute Gasteiger partial charge is 0.173 e. The van der Waals surface area contributed by atoms with Crippen molar-refractivity contribution in [1.29, 1.82) is 0 Å². The number of halogens is 2. The van der Waals surface area contributed by atoms with Crippen LogP contribution >= 0.6 is 23.8 Å². The maximum atomic E-state index is 13.8. The van der Waals surface area contributed by atoms with Crippen LogP contribution in [0.15, 0.2) is 67.0 Å². The molecule has 2 aromatic heterocycles. The lowest BCUT2D eigenvalue weighted by Gasteiger charge is -2.26. The third-order valence-corrected chi connectivity index (χ3v) is 5.77.